The van der Waals surface area contributed by atoms with Crippen LogP contribution in [-0.2, 0) is 20.0 Å². The van der Waals surface area contributed by atoms with Gasteiger partial charge in [-0.05, 0) is 42.7 Å². The van der Waals surface area contributed by atoms with Gasteiger partial charge in [-0.3, -0.25) is 0 Å². The topological polar surface area (TPSA) is 55.4 Å². The Labute approximate surface area is 162 Å². The number of para-hydroxylation sites is 1. The molecule has 1 N–H and O–H groups in total. The largest absolute Gasteiger partial charge is 0.383 e. The van der Waals surface area contributed by atoms with Gasteiger partial charge in [0.1, 0.15) is 0 Å². The fourth-order valence-electron chi connectivity index (χ4n) is 3.35. The van der Waals surface area contributed by atoms with E-state index >= 15 is 0 Å². The van der Waals surface area contributed by atoms with Crippen molar-refractivity contribution in [3.63, 3.8) is 0 Å². The van der Waals surface area contributed by atoms with Crippen molar-refractivity contribution in [2.45, 2.75) is 28.9 Å². The molecule has 4 nitrogen and oxygen atoms in total. The van der Waals surface area contributed by atoms with Crippen LogP contribution in [0.25, 0.3) is 0 Å². The molecule has 1 aliphatic rings. The van der Waals surface area contributed by atoms with Crippen LogP contribution in [0.1, 0.15) is 18.4 Å². The van der Waals surface area contributed by atoms with Crippen molar-refractivity contribution in [2.75, 3.05) is 25.1 Å². The molecule has 3 rings (SSSR count). The van der Waals surface area contributed by atoms with Crippen molar-refractivity contribution < 1.29 is 21.9 Å². The first-order valence-electron chi connectivity index (χ1n) is 8.54. The Bertz CT molecular complexity index is 882. The van der Waals surface area contributed by atoms with Gasteiger partial charge in [0.05, 0.1) is 10.6 Å². The second-order valence-corrected chi connectivity index (χ2v) is 8.88. The van der Waals surface area contributed by atoms with E-state index < -0.39 is 20.5 Å². The van der Waals surface area contributed by atoms with Crippen molar-refractivity contribution in [3.05, 3.63) is 59.1 Å². The first kappa shape index (κ1) is 20.0. The average Bonchev–Trinajstić information content (AvgIpc) is 2.67. The van der Waals surface area contributed by atoms with Crippen LogP contribution in [-0.4, -0.2) is 33.9 Å². The highest BCUT2D eigenvalue weighted by molar-refractivity contribution is 7.91. The van der Waals surface area contributed by atoms with E-state index in [9.17, 15) is 17.2 Å². The SMILES string of the molecule is O=S(=O)(c1ccccc1NCC1(c2ccc(Cl)cc2)CCOCC1)C(F)F. The quantitative estimate of drug-likeness (QED) is 0.754. The Morgan fingerprint density at radius 3 is 2.33 bits per heavy atom. The zero-order valence-electron chi connectivity index (χ0n) is 14.5. The number of alkyl halides is 2. The molecule has 1 fully saturated rings. The second kappa shape index (κ2) is 8.12. The van der Waals surface area contributed by atoms with Gasteiger partial charge < -0.3 is 10.1 Å². The van der Waals surface area contributed by atoms with Gasteiger partial charge in [-0.25, -0.2) is 8.42 Å². The molecule has 8 heteroatoms. The van der Waals surface area contributed by atoms with Gasteiger partial charge >= 0.3 is 5.76 Å². The van der Waals surface area contributed by atoms with Gasteiger partial charge in [-0.2, -0.15) is 8.78 Å². The monoisotopic (exact) mass is 415 g/mol. The number of nitrogens with one attached hydrogen (secondary N) is 1. The summed E-state index contributed by atoms with van der Waals surface area (Å²) in [4.78, 5) is -0.390. The van der Waals surface area contributed by atoms with E-state index in [1.165, 1.54) is 18.2 Å². The molecule has 2 aromatic rings. The van der Waals surface area contributed by atoms with E-state index in [0.717, 1.165) is 18.4 Å². The van der Waals surface area contributed by atoms with Gasteiger partial charge in [-0.15, -0.1) is 0 Å². The Morgan fingerprint density at radius 2 is 1.70 bits per heavy atom. The van der Waals surface area contributed by atoms with Gasteiger partial charge in [0.2, 0.25) is 9.84 Å². The maximum absolute atomic E-state index is 13.0. The molecule has 0 amide bonds. The molecule has 146 valence electrons. The minimum atomic E-state index is -4.69. The van der Waals surface area contributed by atoms with E-state index in [1.54, 1.807) is 6.07 Å². The lowest BCUT2D eigenvalue weighted by molar-refractivity contribution is 0.0544. The number of rotatable bonds is 6. The van der Waals surface area contributed by atoms with Crippen LogP contribution in [0, 0.1) is 0 Å². The first-order chi connectivity index (χ1) is 12.8. The highest BCUT2D eigenvalue weighted by Crippen LogP contribution is 2.36. The Hall–Kier alpha value is -1.70. The van der Waals surface area contributed by atoms with E-state index in [4.69, 9.17) is 16.3 Å². The summed E-state index contributed by atoms with van der Waals surface area (Å²) >= 11 is 5.99. The minimum absolute atomic E-state index is 0.178. The number of benzene rings is 2. The third kappa shape index (κ3) is 4.25. The Morgan fingerprint density at radius 1 is 1.07 bits per heavy atom. The van der Waals surface area contributed by atoms with Crippen molar-refractivity contribution in [1.82, 2.24) is 0 Å². The van der Waals surface area contributed by atoms with Crippen molar-refractivity contribution >= 4 is 27.1 Å². The molecule has 27 heavy (non-hydrogen) atoms. The molecule has 0 saturated carbocycles. The molecule has 2 aromatic carbocycles. The Balaban J connectivity index is 1.90. The smallest absolute Gasteiger partial charge is 0.341 e. The van der Waals surface area contributed by atoms with Crippen LogP contribution in [0.4, 0.5) is 14.5 Å². The summed E-state index contributed by atoms with van der Waals surface area (Å²) in [5.41, 5.74) is 0.930. The van der Waals surface area contributed by atoms with Crippen LogP contribution >= 0.6 is 11.6 Å². The zero-order valence-corrected chi connectivity index (χ0v) is 16.1. The van der Waals surface area contributed by atoms with Crippen molar-refractivity contribution in [1.29, 1.82) is 0 Å². The lowest BCUT2D eigenvalue weighted by Gasteiger charge is -2.38. The maximum Gasteiger partial charge on any atom is 0.341 e. The van der Waals surface area contributed by atoms with Gasteiger partial charge in [0, 0.05) is 30.2 Å². The summed E-state index contributed by atoms with van der Waals surface area (Å²) in [7, 11) is -4.69. The average molecular weight is 416 g/mol. The van der Waals surface area contributed by atoms with Crippen molar-refractivity contribution in [2.24, 2.45) is 0 Å². The highest BCUT2D eigenvalue weighted by atomic mass is 35.5. The minimum Gasteiger partial charge on any atom is -0.383 e. The normalized spacial score (nSPS) is 17.0. The summed E-state index contributed by atoms with van der Waals surface area (Å²) in [5.74, 6) is -3.46. The van der Waals surface area contributed by atoms with Crippen LogP contribution in [0.2, 0.25) is 5.02 Å². The summed E-state index contributed by atoms with van der Waals surface area (Å²) < 4.78 is 55.4. The highest BCUT2D eigenvalue weighted by Gasteiger charge is 2.35. The van der Waals surface area contributed by atoms with Crippen LogP contribution in [0.5, 0.6) is 0 Å². The molecule has 0 radical (unpaired) electrons. The fourth-order valence-corrected chi connectivity index (χ4v) is 4.39. The molecule has 1 heterocycles. The number of hydrogen-bond donors (Lipinski definition) is 1. The molecule has 0 unspecified atom stereocenters. The first-order valence-corrected chi connectivity index (χ1v) is 10.5. The number of ether oxygens (including phenoxy) is 1. The number of hydrogen-bond acceptors (Lipinski definition) is 4. The molecular weight excluding hydrogens is 396 g/mol. The predicted octanol–water partition coefficient (Wildman–Crippen LogP) is 4.50. The van der Waals surface area contributed by atoms with Crippen LogP contribution < -0.4 is 5.32 Å². The van der Waals surface area contributed by atoms with Gasteiger partial charge in [-0.1, -0.05) is 35.9 Å². The van der Waals surface area contributed by atoms with Crippen LogP contribution in [0.15, 0.2) is 53.4 Å². The van der Waals surface area contributed by atoms with Gasteiger partial charge in [0.15, 0.2) is 0 Å². The van der Waals surface area contributed by atoms with E-state index in [1.807, 2.05) is 24.3 Å². The number of sulfone groups is 1. The lowest BCUT2D eigenvalue weighted by atomic mass is 9.74. The third-order valence-electron chi connectivity index (χ3n) is 4.95. The summed E-state index contributed by atoms with van der Waals surface area (Å²) in [5, 5.41) is 3.72. The van der Waals surface area contributed by atoms with E-state index in [2.05, 4.69) is 5.32 Å². The number of anilines is 1. The predicted molar refractivity (Wildman–Crippen MR) is 101 cm³/mol. The standard InChI is InChI=1S/C19H20ClF2NO3S/c20-15-7-5-14(6-8-15)19(9-11-26-12-10-19)13-23-16-3-1-2-4-17(16)27(24,25)18(21)22/h1-8,18,23H,9-13H2. The molecular formula is C19H20ClF2NO3S. The maximum atomic E-state index is 13.0. The molecule has 0 atom stereocenters. The fraction of sp³-hybridized carbons (Fsp3) is 0.368. The van der Waals surface area contributed by atoms with Crippen LogP contribution in [0.3, 0.4) is 0 Å². The molecule has 0 aromatic heterocycles. The lowest BCUT2D eigenvalue weighted by Crippen LogP contribution is -2.40. The molecule has 0 spiro atoms. The molecule has 0 bridgehead atoms. The third-order valence-corrected chi connectivity index (χ3v) is 6.64. The molecule has 1 saturated heterocycles. The summed E-state index contributed by atoms with van der Waals surface area (Å²) in [6.07, 6.45) is 1.46. The summed E-state index contributed by atoms with van der Waals surface area (Å²) in [6, 6.07) is 13.3. The van der Waals surface area contributed by atoms with E-state index in [0.29, 0.717) is 24.8 Å². The molecule has 1 aliphatic heterocycles. The van der Waals surface area contributed by atoms with E-state index in [-0.39, 0.29) is 11.1 Å². The van der Waals surface area contributed by atoms with Crippen molar-refractivity contribution in [3.8, 4) is 0 Å². The Kier molecular flexibility index (Phi) is 6.03. The second-order valence-electron chi connectivity index (χ2n) is 6.55. The summed E-state index contributed by atoms with van der Waals surface area (Å²) in [6.45, 7) is 1.54. The molecule has 0 aliphatic carbocycles. The van der Waals surface area contributed by atoms with Gasteiger partial charge in [0.25, 0.3) is 0 Å². The number of halogens is 3. The zero-order chi connectivity index (χ0) is 19.5.